The Morgan fingerprint density at radius 2 is 1.97 bits per heavy atom. The van der Waals surface area contributed by atoms with Crippen LogP contribution in [0.1, 0.15) is 55.3 Å². The Labute approximate surface area is 180 Å². The van der Waals surface area contributed by atoms with E-state index in [1.807, 2.05) is 0 Å². The summed E-state index contributed by atoms with van der Waals surface area (Å²) in [6.07, 6.45) is 1.90. The molecule has 1 saturated heterocycles. The van der Waals surface area contributed by atoms with Gasteiger partial charge in [-0.25, -0.2) is 13.8 Å². The monoisotopic (exact) mass is 430 g/mol. The van der Waals surface area contributed by atoms with Crippen molar-refractivity contribution < 1.29 is 13.6 Å². The van der Waals surface area contributed by atoms with Crippen molar-refractivity contribution in [3.8, 4) is 0 Å². The lowest BCUT2D eigenvalue weighted by molar-refractivity contribution is -0.131. The van der Waals surface area contributed by atoms with Gasteiger partial charge in [0.05, 0.1) is 12.1 Å². The maximum atomic E-state index is 13.9. The van der Waals surface area contributed by atoms with Crippen molar-refractivity contribution in [2.45, 2.75) is 58.0 Å². The number of likely N-dealkylation sites (tertiary alicyclic amines) is 1. The summed E-state index contributed by atoms with van der Waals surface area (Å²) in [7, 11) is 0. The summed E-state index contributed by atoms with van der Waals surface area (Å²) in [6, 6.07) is 3.56. The van der Waals surface area contributed by atoms with Crippen LogP contribution in [0.4, 0.5) is 8.78 Å². The number of H-pyrrole nitrogens is 1. The van der Waals surface area contributed by atoms with Gasteiger partial charge in [0.2, 0.25) is 5.91 Å². The lowest BCUT2D eigenvalue weighted by Crippen LogP contribution is -2.41. The summed E-state index contributed by atoms with van der Waals surface area (Å²) >= 11 is 0. The van der Waals surface area contributed by atoms with Crippen LogP contribution >= 0.6 is 0 Å². The van der Waals surface area contributed by atoms with E-state index < -0.39 is 11.6 Å². The zero-order valence-electron chi connectivity index (χ0n) is 18.0. The van der Waals surface area contributed by atoms with Gasteiger partial charge in [-0.05, 0) is 51.3 Å². The highest BCUT2D eigenvalue weighted by atomic mass is 19.1. The standard InChI is InChI=1S/C23H28F2N4O2/c1-14(2)29-10-7-18-20(13-29)26-22(27-23(18)31)15-5-8-28(9-6-15)21(30)12-16-11-17(24)3-4-19(16)25/h3-4,11,14-15H,5-10,12-13H2,1-2H3,(H,26,27,31). The fourth-order valence-electron chi connectivity index (χ4n) is 4.47. The van der Waals surface area contributed by atoms with Crippen LogP contribution in [0.15, 0.2) is 23.0 Å². The topological polar surface area (TPSA) is 69.3 Å². The largest absolute Gasteiger partial charge is 0.342 e. The summed E-state index contributed by atoms with van der Waals surface area (Å²) in [5, 5.41) is 0. The first-order valence-corrected chi connectivity index (χ1v) is 10.9. The Bertz CT molecular complexity index is 1030. The molecule has 3 heterocycles. The molecule has 2 aliphatic rings. The highest BCUT2D eigenvalue weighted by Crippen LogP contribution is 2.27. The van der Waals surface area contributed by atoms with E-state index >= 15 is 0 Å². The number of nitrogens with zero attached hydrogens (tertiary/aromatic N) is 3. The number of aromatic amines is 1. The average molecular weight is 430 g/mol. The number of amides is 1. The number of carbonyl (C=O) groups is 1. The fourth-order valence-corrected chi connectivity index (χ4v) is 4.47. The van der Waals surface area contributed by atoms with Gasteiger partial charge in [0.15, 0.2) is 0 Å². The molecule has 0 atom stereocenters. The van der Waals surface area contributed by atoms with E-state index in [0.717, 1.165) is 36.0 Å². The predicted molar refractivity (Wildman–Crippen MR) is 113 cm³/mol. The van der Waals surface area contributed by atoms with Crippen molar-refractivity contribution >= 4 is 5.91 Å². The molecular formula is C23H28F2N4O2. The van der Waals surface area contributed by atoms with Gasteiger partial charge in [-0.2, -0.15) is 0 Å². The average Bonchev–Trinajstić information content (AvgIpc) is 2.76. The van der Waals surface area contributed by atoms with E-state index in [1.165, 1.54) is 0 Å². The first kappa shape index (κ1) is 21.6. The van der Waals surface area contributed by atoms with E-state index in [9.17, 15) is 18.4 Å². The maximum absolute atomic E-state index is 13.9. The number of rotatable bonds is 4. The van der Waals surface area contributed by atoms with Crippen LogP contribution in [0.3, 0.4) is 0 Å². The molecular weight excluding hydrogens is 402 g/mol. The van der Waals surface area contributed by atoms with Gasteiger partial charge < -0.3 is 9.88 Å². The van der Waals surface area contributed by atoms with Gasteiger partial charge in [-0.3, -0.25) is 14.5 Å². The molecule has 0 bridgehead atoms. The number of benzene rings is 1. The lowest BCUT2D eigenvalue weighted by Gasteiger charge is -2.33. The Kier molecular flexibility index (Phi) is 6.18. The van der Waals surface area contributed by atoms with Gasteiger partial charge in [0.25, 0.3) is 5.56 Å². The highest BCUT2D eigenvalue weighted by Gasteiger charge is 2.28. The van der Waals surface area contributed by atoms with E-state index in [-0.39, 0.29) is 29.4 Å². The van der Waals surface area contributed by atoms with Crippen LogP contribution < -0.4 is 5.56 Å². The SMILES string of the molecule is CC(C)N1CCc2c(nc(C3CCN(C(=O)Cc4cc(F)ccc4F)CC3)[nH]c2=O)C1. The summed E-state index contributed by atoms with van der Waals surface area (Å²) in [5.74, 6) is -0.584. The van der Waals surface area contributed by atoms with Crippen LogP contribution in [0, 0.1) is 11.6 Å². The number of carbonyl (C=O) groups excluding carboxylic acids is 1. The molecule has 4 rings (SSSR count). The second-order valence-electron chi connectivity index (χ2n) is 8.76. The quantitative estimate of drug-likeness (QED) is 0.810. The summed E-state index contributed by atoms with van der Waals surface area (Å²) in [5.41, 5.74) is 1.66. The maximum Gasteiger partial charge on any atom is 0.254 e. The van der Waals surface area contributed by atoms with Crippen LogP contribution in [0.25, 0.3) is 0 Å². The number of piperidine rings is 1. The molecule has 0 unspecified atom stereocenters. The third-order valence-corrected chi connectivity index (χ3v) is 6.44. The van der Waals surface area contributed by atoms with Gasteiger partial charge in [0, 0.05) is 49.3 Å². The smallest absolute Gasteiger partial charge is 0.254 e. The van der Waals surface area contributed by atoms with Gasteiger partial charge in [0.1, 0.15) is 17.5 Å². The highest BCUT2D eigenvalue weighted by molar-refractivity contribution is 5.79. The number of hydrogen-bond donors (Lipinski definition) is 1. The van der Waals surface area contributed by atoms with Crippen molar-refractivity contribution in [1.29, 1.82) is 0 Å². The molecule has 31 heavy (non-hydrogen) atoms. The van der Waals surface area contributed by atoms with Crippen molar-refractivity contribution in [1.82, 2.24) is 19.8 Å². The number of halogens is 2. The first-order chi connectivity index (χ1) is 14.8. The molecule has 2 aromatic rings. The molecule has 0 aliphatic carbocycles. The minimum Gasteiger partial charge on any atom is -0.342 e. The zero-order valence-corrected chi connectivity index (χ0v) is 18.0. The van der Waals surface area contributed by atoms with Crippen LogP contribution in [-0.4, -0.2) is 51.4 Å². The van der Waals surface area contributed by atoms with Crippen molar-refractivity contribution in [2.24, 2.45) is 0 Å². The minimum atomic E-state index is -0.573. The molecule has 1 aromatic carbocycles. The summed E-state index contributed by atoms with van der Waals surface area (Å²) < 4.78 is 27.2. The Morgan fingerprint density at radius 3 is 2.68 bits per heavy atom. The zero-order chi connectivity index (χ0) is 22.1. The van der Waals surface area contributed by atoms with E-state index in [1.54, 1.807) is 4.90 Å². The lowest BCUT2D eigenvalue weighted by atomic mass is 9.94. The van der Waals surface area contributed by atoms with Gasteiger partial charge in [-0.1, -0.05) is 0 Å². The number of aromatic nitrogens is 2. The Balaban J connectivity index is 1.41. The predicted octanol–water partition coefficient (Wildman–Crippen LogP) is 2.76. The minimum absolute atomic E-state index is 0.0523. The third-order valence-electron chi connectivity index (χ3n) is 6.44. The van der Waals surface area contributed by atoms with E-state index in [4.69, 9.17) is 4.98 Å². The molecule has 0 spiro atoms. The first-order valence-electron chi connectivity index (χ1n) is 10.9. The summed E-state index contributed by atoms with van der Waals surface area (Å²) in [6.45, 7) is 6.82. The molecule has 0 radical (unpaired) electrons. The molecule has 2 aliphatic heterocycles. The van der Waals surface area contributed by atoms with Gasteiger partial charge in [-0.15, -0.1) is 0 Å². The van der Waals surface area contributed by atoms with Crippen LogP contribution in [0.5, 0.6) is 0 Å². The van der Waals surface area contributed by atoms with E-state index in [0.29, 0.717) is 50.8 Å². The molecule has 1 N–H and O–H groups in total. The third kappa shape index (κ3) is 4.69. The van der Waals surface area contributed by atoms with Crippen LogP contribution in [-0.2, 0) is 24.2 Å². The van der Waals surface area contributed by atoms with Crippen LogP contribution in [0.2, 0.25) is 0 Å². The Hall–Kier alpha value is -2.61. The number of hydrogen-bond acceptors (Lipinski definition) is 4. The number of nitrogens with one attached hydrogen (secondary N) is 1. The second-order valence-corrected chi connectivity index (χ2v) is 8.76. The van der Waals surface area contributed by atoms with Crippen molar-refractivity contribution in [3.05, 3.63) is 62.8 Å². The normalized spacial score (nSPS) is 17.8. The number of fused-ring (bicyclic) bond motifs is 1. The second kappa shape index (κ2) is 8.86. The fraction of sp³-hybridized carbons (Fsp3) is 0.522. The molecule has 166 valence electrons. The van der Waals surface area contributed by atoms with Gasteiger partial charge >= 0.3 is 0 Å². The molecule has 8 heteroatoms. The molecule has 1 aromatic heterocycles. The summed E-state index contributed by atoms with van der Waals surface area (Å²) in [4.78, 5) is 36.9. The van der Waals surface area contributed by atoms with E-state index in [2.05, 4.69) is 23.7 Å². The van der Waals surface area contributed by atoms with Crippen molar-refractivity contribution in [2.75, 3.05) is 19.6 Å². The molecule has 1 amide bonds. The molecule has 1 fully saturated rings. The van der Waals surface area contributed by atoms with Crippen molar-refractivity contribution in [3.63, 3.8) is 0 Å². The Morgan fingerprint density at radius 1 is 1.23 bits per heavy atom. The molecule has 0 saturated carbocycles. The molecule has 6 nitrogen and oxygen atoms in total.